The van der Waals surface area contributed by atoms with Crippen molar-refractivity contribution in [3.63, 3.8) is 0 Å². The molecule has 5 nitrogen and oxygen atoms in total. The van der Waals surface area contributed by atoms with Gasteiger partial charge in [0.2, 0.25) is 0 Å². The van der Waals surface area contributed by atoms with Crippen LogP contribution in [0.1, 0.15) is 12.8 Å². The molecule has 2 aliphatic heterocycles. The number of likely N-dealkylation sites (N-methyl/N-ethyl adjacent to an activating group) is 1. The lowest BCUT2D eigenvalue weighted by atomic mass is 10.4. The predicted molar refractivity (Wildman–Crippen MR) is 51.9 cm³/mol. The van der Waals surface area contributed by atoms with Gasteiger partial charge in [0.05, 0.1) is 18.1 Å². The Morgan fingerprint density at radius 3 is 2.00 bits per heavy atom. The number of hydrogen-bond acceptors (Lipinski definition) is 4. The molecule has 2 aliphatic rings. The first kappa shape index (κ1) is 11.3. The van der Waals surface area contributed by atoms with Gasteiger partial charge < -0.3 is 9.64 Å². The second-order valence-corrected chi connectivity index (χ2v) is 5.70. The fourth-order valence-electron chi connectivity index (χ4n) is 1.22. The molecule has 2 saturated heterocycles. The first-order valence-electron chi connectivity index (χ1n) is 4.59. The first-order chi connectivity index (χ1) is 6.51. The molecule has 1 amide bonds. The van der Waals surface area contributed by atoms with E-state index in [9.17, 15) is 13.2 Å². The van der Waals surface area contributed by atoms with Crippen LogP contribution in [0.25, 0.3) is 0 Å². The summed E-state index contributed by atoms with van der Waals surface area (Å²) in [5, 5.41) is 0. The number of sulfone groups is 1. The number of ether oxygens (including phenoxy) is 1. The number of cyclic esters (lactones) is 1. The summed E-state index contributed by atoms with van der Waals surface area (Å²) in [4.78, 5) is 11.8. The van der Waals surface area contributed by atoms with E-state index in [4.69, 9.17) is 0 Å². The molecule has 6 heteroatoms. The smallest absolute Gasteiger partial charge is 0.409 e. The van der Waals surface area contributed by atoms with Gasteiger partial charge in [0.15, 0.2) is 0 Å². The van der Waals surface area contributed by atoms with Gasteiger partial charge in [0.1, 0.15) is 16.4 Å². The molecule has 2 heterocycles. The topological polar surface area (TPSA) is 63.7 Å². The van der Waals surface area contributed by atoms with Crippen molar-refractivity contribution in [1.82, 2.24) is 4.90 Å². The van der Waals surface area contributed by atoms with Crippen LogP contribution in [-0.4, -0.2) is 51.1 Å². The summed E-state index contributed by atoms with van der Waals surface area (Å²) in [5.74, 6) is 0.847. The van der Waals surface area contributed by atoms with Crippen LogP contribution in [0.3, 0.4) is 0 Å². The van der Waals surface area contributed by atoms with Crippen LogP contribution in [-0.2, 0) is 14.6 Å². The summed E-state index contributed by atoms with van der Waals surface area (Å²) in [6.07, 6.45) is 1.55. The Kier molecular flexibility index (Phi) is 3.74. The van der Waals surface area contributed by atoms with Gasteiger partial charge in [-0.25, -0.2) is 13.2 Å². The van der Waals surface area contributed by atoms with Crippen LogP contribution in [0.2, 0.25) is 0 Å². The van der Waals surface area contributed by atoms with Gasteiger partial charge in [-0.15, -0.1) is 0 Å². The Balaban J connectivity index is 0.000000140. The second-order valence-electron chi connectivity index (χ2n) is 3.39. The minimum atomic E-state index is -2.55. The average molecular weight is 221 g/mol. The lowest BCUT2D eigenvalue weighted by Gasteiger charge is -1.98. The SMILES string of the molecule is CN1CCOC1=O.O=S1(=O)CCCC1. The third-order valence-electron chi connectivity index (χ3n) is 2.12. The molecule has 0 N–H and O–H groups in total. The molecule has 82 valence electrons. The molecule has 2 rings (SSSR count). The van der Waals surface area contributed by atoms with Crippen molar-refractivity contribution in [2.75, 3.05) is 31.7 Å². The highest BCUT2D eigenvalue weighted by Gasteiger charge is 2.16. The number of carbonyl (C=O) groups excluding carboxylic acids is 1. The normalized spacial score (nSPS) is 24.1. The summed E-state index contributed by atoms with van der Waals surface area (Å²) in [5.41, 5.74) is 0. The molecule has 0 unspecified atom stereocenters. The second kappa shape index (κ2) is 4.63. The van der Waals surface area contributed by atoms with Gasteiger partial charge in [-0.1, -0.05) is 0 Å². The zero-order valence-corrected chi connectivity index (χ0v) is 9.05. The monoisotopic (exact) mass is 221 g/mol. The van der Waals surface area contributed by atoms with Crippen LogP contribution in [0, 0.1) is 0 Å². The molecule has 0 spiro atoms. The molecule has 0 aromatic heterocycles. The maximum Gasteiger partial charge on any atom is 0.409 e. The molecule has 14 heavy (non-hydrogen) atoms. The molecule has 0 atom stereocenters. The summed E-state index contributed by atoms with van der Waals surface area (Å²) < 4.78 is 25.4. The predicted octanol–water partition coefficient (Wildman–Crippen LogP) is 0.263. The molecule has 0 aromatic rings. The Morgan fingerprint density at radius 1 is 1.29 bits per heavy atom. The fraction of sp³-hybridized carbons (Fsp3) is 0.875. The van der Waals surface area contributed by atoms with E-state index in [0.29, 0.717) is 18.1 Å². The van der Waals surface area contributed by atoms with E-state index in [1.54, 1.807) is 11.9 Å². The molecule has 0 bridgehead atoms. The third-order valence-corrected chi connectivity index (χ3v) is 3.95. The number of carbonyl (C=O) groups is 1. The Morgan fingerprint density at radius 2 is 1.86 bits per heavy atom. The lowest BCUT2D eigenvalue weighted by Crippen LogP contribution is -2.17. The molecule has 0 saturated carbocycles. The van der Waals surface area contributed by atoms with E-state index in [0.717, 1.165) is 19.4 Å². The highest BCUT2D eigenvalue weighted by atomic mass is 32.2. The fourth-order valence-corrected chi connectivity index (χ4v) is 2.71. The maximum atomic E-state index is 10.4. The lowest BCUT2D eigenvalue weighted by molar-refractivity contribution is 0.163. The average Bonchev–Trinajstić information content (AvgIpc) is 2.64. The van der Waals surface area contributed by atoms with E-state index in [1.165, 1.54) is 0 Å². The van der Waals surface area contributed by atoms with Crippen LogP contribution in [0.15, 0.2) is 0 Å². The van der Waals surface area contributed by atoms with Gasteiger partial charge in [0, 0.05) is 7.05 Å². The zero-order chi connectivity index (χ0) is 10.6. The van der Waals surface area contributed by atoms with Crippen LogP contribution >= 0.6 is 0 Å². The maximum absolute atomic E-state index is 10.4. The Hall–Kier alpha value is -0.780. The standard InChI is InChI=1S/C4H7NO2.C4H8O2S/c1-5-2-3-7-4(5)6;5-7(6)3-1-2-4-7/h2-3H2,1H3;1-4H2. The quantitative estimate of drug-likeness (QED) is 0.588. The van der Waals surface area contributed by atoms with Crippen LogP contribution in [0.4, 0.5) is 4.79 Å². The van der Waals surface area contributed by atoms with E-state index in [-0.39, 0.29) is 6.09 Å². The van der Waals surface area contributed by atoms with Crippen molar-refractivity contribution in [2.45, 2.75) is 12.8 Å². The summed E-state index contributed by atoms with van der Waals surface area (Å²) >= 11 is 0. The minimum absolute atomic E-state index is 0.208. The minimum Gasteiger partial charge on any atom is -0.448 e. The molecular weight excluding hydrogens is 206 g/mol. The van der Waals surface area contributed by atoms with E-state index in [2.05, 4.69) is 4.74 Å². The number of hydrogen-bond donors (Lipinski definition) is 0. The van der Waals surface area contributed by atoms with E-state index >= 15 is 0 Å². The molecule has 0 aromatic carbocycles. The van der Waals surface area contributed by atoms with Crippen molar-refractivity contribution >= 4 is 15.9 Å². The summed E-state index contributed by atoms with van der Waals surface area (Å²) in [6, 6.07) is 0. The first-order valence-corrected chi connectivity index (χ1v) is 6.42. The largest absolute Gasteiger partial charge is 0.448 e. The number of rotatable bonds is 0. The van der Waals surface area contributed by atoms with Crippen molar-refractivity contribution < 1.29 is 17.9 Å². The molecule has 2 fully saturated rings. The van der Waals surface area contributed by atoms with Gasteiger partial charge in [-0.2, -0.15) is 0 Å². The number of amides is 1. The van der Waals surface area contributed by atoms with Gasteiger partial charge in [-0.05, 0) is 12.8 Å². The van der Waals surface area contributed by atoms with Crippen molar-refractivity contribution in [3.05, 3.63) is 0 Å². The van der Waals surface area contributed by atoms with E-state index in [1.807, 2.05) is 0 Å². The third kappa shape index (κ3) is 3.53. The van der Waals surface area contributed by atoms with Crippen molar-refractivity contribution in [3.8, 4) is 0 Å². The molecule has 0 aliphatic carbocycles. The van der Waals surface area contributed by atoms with Gasteiger partial charge in [-0.3, -0.25) is 0 Å². The van der Waals surface area contributed by atoms with Crippen molar-refractivity contribution in [1.29, 1.82) is 0 Å². The van der Waals surface area contributed by atoms with Crippen LogP contribution < -0.4 is 0 Å². The Labute approximate surface area is 83.9 Å². The molecular formula is C8H15NO4S. The molecule has 0 radical (unpaired) electrons. The summed E-state index contributed by atoms with van der Waals surface area (Å²) in [7, 11) is -0.829. The Bertz CT molecular complexity index is 286. The highest BCUT2D eigenvalue weighted by molar-refractivity contribution is 7.91. The zero-order valence-electron chi connectivity index (χ0n) is 8.23. The highest BCUT2D eigenvalue weighted by Crippen LogP contribution is 2.08. The van der Waals surface area contributed by atoms with Gasteiger partial charge in [0.25, 0.3) is 0 Å². The summed E-state index contributed by atoms with van der Waals surface area (Å²) in [6.45, 7) is 1.29. The van der Waals surface area contributed by atoms with E-state index < -0.39 is 9.84 Å². The number of nitrogens with zero attached hydrogens (tertiary/aromatic N) is 1. The van der Waals surface area contributed by atoms with Crippen LogP contribution in [0.5, 0.6) is 0 Å². The van der Waals surface area contributed by atoms with Gasteiger partial charge >= 0.3 is 6.09 Å². The van der Waals surface area contributed by atoms with Crippen molar-refractivity contribution in [2.24, 2.45) is 0 Å².